The van der Waals surface area contributed by atoms with Crippen molar-refractivity contribution in [3.63, 3.8) is 0 Å². The molecule has 0 spiro atoms. The van der Waals surface area contributed by atoms with Crippen LogP contribution in [0.1, 0.15) is 19.4 Å². The van der Waals surface area contributed by atoms with Crippen molar-refractivity contribution in [3.8, 4) is 0 Å². The predicted octanol–water partition coefficient (Wildman–Crippen LogP) is 3.21. The van der Waals surface area contributed by atoms with Crippen LogP contribution in [0.3, 0.4) is 0 Å². The minimum atomic E-state index is 1.15. The second-order valence-electron chi connectivity index (χ2n) is 3.21. The van der Waals surface area contributed by atoms with Crippen LogP contribution in [0.25, 0.3) is 5.70 Å². The fourth-order valence-corrected chi connectivity index (χ4v) is 1.23. The van der Waals surface area contributed by atoms with Crippen LogP contribution in [0.15, 0.2) is 48.1 Å². The molecule has 0 aliphatic rings. The van der Waals surface area contributed by atoms with E-state index in [1.807, 2.05) is 32.2 Å². The first kappa shape index (κ1) is 10.6. The van der Waals surface area contributed by atoms with Crippen LogP contribution in [0.2, 0.25) is 0 Å². The third-order valence-electron chi connectivity index (χ3n) is 2.18. The standard InChI is InChI=1S/C13H17N/c1-4-11(2)10-13(14-3)12-8-6-5-7-9-12/h4-10,14H,1-3H3/b11-4+,13-10-. The van der Waals surface area contributed by atoms with E-state index in [0.29, 0.717) is 0 Å². The van der Waals surface area contributed by atoms with Crippen LogP contribution in [-0.4, -0.2) is 7.05 Å². The Morgan fingerprint density at radius 2 is 1.86 bits per heavy atom. The summed E-state index contributed by atoms with van der Waals surface area (Å²) < 4.78 is 0. The van der Waals surface area contributed by atoms with Gasteiger partial charge in [0.05, 0.1) is 0 Å². The average Bonchev–Trinajstić information content (AvgIpc) is 2.26. The summed E-state index contributed by atoms with van der Waals surface area (Å²) in [6.07, 6.45) is 4.25. The van der Waals surface area contributed by atoms with Gasteiger partial charge in [-0.2, -0.15) is 0 Å². The molecule has 1 N–H and O–H groups in total. The maximum absolute atomic E-state index is 3.20. The molecular weight excluding hydrogens is 170 g/mol. The molecule has 0 amide bonds. The molecule has 0 radical (unpaired) electrons. The van der Waals surface area contributed by atoms with Crippen molar-refractivity contribution in [2.24, 2.45) is 0 Å². The van der Waals surface area contributed by atoms with Crippen molar-refractivity contribution < 1.29 is 0 Å². The predicted molar refractivity (Wildman–Crippen MR) is 62.9 cm³/mol. The molecule has 0 atom stereocenters. The molecule has 0 bridgehead atoms. The second-order valence-corrected chi connectivity index (χ2v) is 3.21. The molecule has 1 rings (SSSR count). The van der Waals surface area contributed by atoms with E-state index in [-0.39, 0.29) is 0 Å². The Labute approximate surface area is 86.2 Å². The van der Waals surface area contributed by atoms with Gasteiger partial charge in [-0.15, -0.1) is 0 Å². The van der Waals surface area contributed by atoms with Gasteiger partial charge < -0.3 is 5.32 Å². The van der Waals surface area contributed by atoms with Crippen LogP contribution >= 0.6 is 0 Å². The molecular formula is C13H17N. The third kappa shape index (κ3) is 2.77. The van der Waals surface area contributed by atoms with E-state index in [4.69, 9.17) is 0 Å². The van der Waals surface area contributed by atoms with Crippen molar-refractivity contribution in [2.75, 3.05) is 7.05 Å². The molecule has 1 aromatic rings. The highest BCUT2D eigenvalue weighted by Crippen LogP contribution is 2.12. The minimum absolute atomic E-state index is 1.15. The van der Waals surface area contributed by atoms with Crippen molar-refractivity contribution >= 4 is 5.70 Å². The molecule has 1 heteroatoms. The molecule has 0 fully saturated rings. The van der Waals surface area contributed by atoms with E-state index in [1.54, 1.807) is 0 Å². The van der Waals surface area contributed by atoms with E-state index in [9.17, 15) is 0 Å². The zero-order valence-corrected chi connectivity index (χ0v) is 9.04. The largest absolute Gasteiger partial charge is 0.388 e. The van der Waals surface area contributed by atoms with E-state index in [0.717, 1.165) is 5.70 Å². The lowest BCUT2D eigenvalue weighted by Crippen LogP contribution is -2.04. The molecule has 0 unspecified atom stereocenters. The Morgan fingerprint density at radius 3 is 2.36 bits per heavy atom. The normalized spacial score (nSPS) is 12.8. The van der Waals surface area contributed by atoms with Gasteiger partial charge in [0.15, 0.2) is 0 Å². The van der Waals surface area contributed by atoms with E-state index in [2.05, 4.69) is 36.5 Å². The molecule has 0 heterocycles. The monoisotopic (exact) mass is 187 g/mol. The van der Waals surface area contributed by atoms with Gasteiger partial charge in [-0.05, 0) is 25.5 Å². The van der Waals surface area contributed by atoms with Gasteiger partial charge in [-0.25, -0.2) is 0 Å². The maximum atomic E-state index is 3.20. The Kier molecular flexibility index (Phi) is 3.99. The maximum Gasteiger partial charge on any atom is 0.0413 e. The highest BCUT2D eigenvalue weighted by atomic mass is 14.8. The molecule has 1 aromatic carbocycles. The van der Waals surface area contributed by atoms with Crippen molar-refractivity contribution in [1.29, 1.82) is 0 Å². The number of hydrogen-bond acceptors (Lipinski definition) is 1. The van der Waals surface area contributed by atoms with E-state index < -0.39 is 0 Å². The van der Waals surface area contributed by atoms with Crippen molar-refractivity contribution in [1.82, 2.24) is 5.32 Å². The van der Waals surface area contributed by atoms with Crippen LogP contribution in [0, 0.1) is 0 Å². The minimum Gasteiger partial charge on any atom is -0.388 e. The number of rotatable bonds is 3. The lowest BCUT2D eigenvalue weighted by molar-refractivity contribution is 1.12. The number of allylic oxidation sites excluding steroid dienone is 3. The van der Waals surface area contributed by atoms with Gasteiger partial charge in [0, 0.05) is 12.7 Å². The van der Waals surface area contributed by atoms with Crippen molar-refractivity contribution in [2.45, 2.75) is 13.8 Å². The van der Waals surface area contributed by atoms with Crippen LogP contribution in [0.5, 0.6) is 0 Å². The second kappa shape index (κ2) is 5.28. The first-order valence-corrected chi connectivity index (χ1v) is 4.85. The highest BCUT2D eigenvalue weighted by molar-refractivity contribution is 5.66. The van der Waals surface area contributed by atoms with Gasteiger partial charge in [-0.1, -0.05) is 42.0 Å². The Balaban J connectivity index is 2.99. The lowest BCUT2D eigenvalue weighted by Gasteiger charge is -2.06. The average molecular weight is 187 g/mol. The molecule has 0 aromatic heterocycles. The van der Waals surface area contributed by atoms with Gasteiger partial charge in [0.2, 0.25) is 0 Å². The Bertz CT molecular complexity index is 334. The van der Waals surface area contributed by atoms with Gasteiger partial charge in [0.1, 0.15) is 0 Å². The SMILES string of the molecule is C/C=C(C)/C=C(\NC)c1ccccc1. The smallest absolute Gasteiger partial charge is 0.0413 e. The zero-order valence-electron chi connectivity index (χ0n) is 9.04. The zero-order chi connectivity index (χ0) is 10.4. The van der Waals surface area contributed by atoms with Crippen LogP contribution < -0.4 is 5.32 Å². The molecule has 0 aliphatic carbocycles. The van der Waals surface area contributed by atoms with Crippen LogP contribution in [-0.2, 0) is 0 Å². The summed E-state index contributed by atoms with van der Waals surface area (Å²) in [4.78, 5) is 0. The van der Waals surface area contributed by atoms with Gasteiger partial charge in [-0.3, -0.25) is 0 Å². The first-order valence-electron chi connectivity index (χ1n) is 4.85. The highest BCUT2D eigenvalue weighted by Gasteiger charge is 1.96. The summed E-state index contributed by atoms with van der Waals surface area (Å²) in [7, 11) is 1.95. The summed E-state index contributed by atoms with van der Waals surface area (Å²) in [5.74, 6) is 0. The summed E-state index contributed by atoms with van der Waals surface area (Å²) >= 11 is 0. The number of benzene rings is 1. The van der Waals surface area contributed by atoms with Gasteiger partial charge in [0.25, 0.3) is 0 Å². The van der Waals surface area contributed by atoms with E-state index in [1.165, 1.54) is 11.1 Å². The Hall–Kier alpha value is -1.50. The summed E-state index contributed by atoms with van der Waals surface area (Å²) in [6.45, 7) is 4.14. The molecule has 1 nitrogen and oxygen atoms in total. The first-order chi connectivity index (χ1) is 6.77. The molecule has 0 saturated heterocycles. The fraction of sp³-hybridized carbons (Fsp3) is 0.231. The number of hydrogen-bond donors (Lipinski definition) is 1. The van der Waals surface area contributed by atoms with Crippen LogP contribution in [0.4, 0.5) is 0 Å². The summed E-state index contributed by atoms with van der Waals surface area (Å²) in [5, 5.41) is 3.20. The van der Waals surface area contributed by atoms with Crippen molar-refractivity contribution in [3.05, 3.63) is 53.6 Å². The summed E-state index contributed by atoms with van der Waals surface area (Å²) in [6, 6.07) is 10.3. The lowest BCUT2D eigenvalue weighted by atomic mass is 10.1. The Morgan fingerprint density at radius 1 is 1.21 bits per heavy atom. The van der Waals surface area contributed by atoms with Gasteiger partial charge >= 0.3 is 0 Å². The number of nitrogens with one attached hydrogen (secondary N) is 1. The third-order valence-corrected chi connectivity index (χ3v) is 2.18. The summed E-state index contributed by atoms with van der Waals surface area (Å²) in [5.41, 5.74) is 3.63. The molecule has 14 heavy (non-hydrogen) atoms. The molecule has 74 valence electrons. The molecule has 0 aliphatic heterocycles. The fourth-order valence-electron chi connectivity index (χ4n) is 1.23. The van der Waals surface area contributed by atoms with E-state index >= 15 is 0 Å². The quantitative estimate of drug-likeness (QED) is 0.716. The molecule has 0 saturated carbocycles. The topological polar surface area (TPSA) is 12.0 Å².